The summed E-state index contributed by atoms with van der Waals surface area (Å²) in [4.78, 5) is 0. The highest BCUT2D eigenvalue weighted by Crippen LogP contribution is 2.15. The molecule has 15 heavy (non-hydrogen) atoms. The van der Waals surface area contributed by atoms with Gasteiger partial charge in [0.25, 0.3) is 0 Å². The van der Waals surface area contributed by atoms with Crippen LogP contribution >= 0.6 is 0 Å². The lowest BCUT2D eigenvalue weighted by Crippen LogP contribution is -1.93. The van der Waals surface area contributed by atoms with Crippen molar-refractivity contribution in [2.45, 2.75) is 59.3 Å². The molecule has 0 aromatic rings. The zero-order chi connectivity index (χ0) is 11.5. The zero-order valence-corrected chi connectivity index (χ0v) is 10.8. The van der Waals surface area contributed by atoms with Crippen molar-refractivity contribution in [2.24, 2.45) is 11.8 Å². The molecule has 0 aliphatic rings. The van der Waals surface area contributed by atoms with E-state index in [-0.39, 0.29) is 0 Å². The van der Waals surface area contributed by atoms with Crippen molar-refractivity contribution in [1.29, 1.82) is 0 Å². The Labute approximate surface area is 96.5 Å². The second kappa shape index (κ2) is 10.0. The van der Waals surface area contributed by atoms with Crippen LogP contribution in [0.3, 0.4) is 0 Å². The fourth-order valence-corrected chi connectivity index (χ4v) is 1.67. The summed E-state index contributed by atoms with van der Waals surface area (Å²) in [6.45, 7) is 10.6. The van der Waals surface area contributed by atoms with Crippen LogP contribution in [0.2, 0.25) is 0 Å². The van der Waals surface area contributed by atoms with E-state index in [0.717, 1.165) is 5.92 Å². The number of hydrogen-bond donors (Lipinski definition) is 0. The predicted octanol–water partition coefficient (Wildman–Crippen LogP) is 5.36. The number of allylic oxidation sites excluding steroid dienone is 3. The monoisotopic (exact) mass is 208 g/mol. The Hall–Kier alpha value is -0.520. The van der Waals surface area contributed by atoms with Gasteiger partial charge in [-0.25, -0.2) is 0 Å². The molecule has 0 radical (unpaired) electrons. The van der Waals surface area contributed by atoms with E-state index < -0.39 is 0 Å². The number of hydrogen-bond acceptors (Lipinski definition) is 0. The van der Waals surface area contributed by atoms with E-state index in [4.69, 9.17) is 0 Å². The van der Waals surface area contributed by atoms with E-state index in [1.807, 2.05) is 6.08 Å². The lowest BCUT2D eigenvalue weighted by atomic mass is 9.98. The van der Waals surface area contributed by atoms with Crippen LogP contribution in [0.15, 0.2) is 24.8 Å². The molecule has 0 saturated heterocycles. The molecule has 0 heteroatoms. The molecule has 0 amide bonds. The van der Waals surface area contributed by atoms with E-state index in [0.29, 0.717) is 5.92 Å². The Morgan fingerprint density at radius 1 is 1.13 bits per heavy atom. The molecule has 0 heterocycles. The van der Waals surface area contributed by atoms with Crippen molar-refractivity contribution in [3.63, 3.8) is 0 Å². The van der Waals surface area contributed by atoms with Crippen molar-refractivity contribution in [2.75, 3.05) is 0 Å². The third-order valence-electron chi connectivity index (χ3n) is 2.93. The molecule has 2 unspecified atom stereocenters. The minimum Gasteiger partial charge on any atom is -0.102 e. The first-order valence-corrected chi connectivity index (χ1v) is 6.49. The van der Waals surface area contributed by atoms with Crippen LogP contribution < -0.4 is 0 Å². The zero-order valence-electron chi connectivity index (χ0n) is 10.8. The third kappa shape index (κ3) is 9.78. The quantitative estimate of drug-likeness (QED) is 0.353. The molecule has 0 bridgehead atoms. The molecule has 88 valence electrons. The molecule has 0 rings (SSSR count). The summed E-state index contributed by atoms with van der Waals surface area (Å²) in [6, 6.07) is 0. The summed E-state index contributed by atoms with van der Waals surface area (Å²) in [7, 11) is 0. The largest absolute Gasteiger partial charge is 0.102 e. The highest BCUT2D eigenvalue weighted by molar-refractivity contribution is 4.94. The van der Waals surface area contributed by atoms with Crippen molar-refractivity contribution >= 4 is 0 Å². The maximum Gasteiger partial charge on any atom is -0.00846 e. The lowest BCUT2D eigenvalue weighted by molar-refractivity contribution is 0.459. The van der Waals surface area contributed by atoms with Gasteiger partial charge in [0.15, 0.2) is 0 Å². The molecular weight excluding hydrogens is 180 g/mol. The summed E-state index contributed by atoms with van der Waals surface area (Å²) in [5, 5.41) is 0. The molecule has 0 aliphatic heterocycles. The molecule has 2 atom stereocenters. The van der Waals surface area contributed by atoms with Gasteiger partial charge in [-0.05, 0) is 24.7 Å². The van der Waals surface area contributed by atoms with Gasteiger partial charge in [0, 0.05) is 0 Å². The Bertz CT molecular complexity index is 167. The first kappa shape index (κ1) is 14.5. The van der Waals surface area contributed by atoms with Gasteiger partial charge >= 0.3 is 0 Å². The molecule has 0 N–H and O–H groups in total. The average Bonchev–Trinajstić information content (AvgIpc) is 2.25. The maximum absolute atomic E-state index is 3.77. The van der Waals surface area contributed by atoms with E-state index in [1.54, 1.807) is 0 Å². The SMILES string of the molecule is C=CC(C)C=CCCCC(C)CCCC. The first-order chi connectivity index (χ1) is 7.20. The van der Waals surface area contributed by atoms with E-state index >= 15 is 0 Å². The molecule has 0 aromatic carbocycles. The van der Waals surface area contributed by atoms with Crippen LogP contribution in [0.5, 0.6) is 0 Å². The maximum atomic E-state index is 3.77. The van der Waals surface area contributed by atoms with Crippen molar-refractivity contribution in [3.05, 3.63) is 24.8 Å². The van der Waals surface area contributed by atoms with Gasteiger partial charge in [0.05, 0.1) is 0 Å². The molecule has 0 spiro atoms. The fraction of sp³-hybridized carbons (Fsp3) is 0.733. The summed E-state index contributed by atoms with van der Waals surface area (Å²) in [5.41, 5.74) is 0. The van der Waals surface area contributed by atoms with Crippen LogP contribution in [-0.4, -0.2) is 0 Å². The molecule has 0 saturated carbocycles. The fourth-order valence-electron chi connectivity index (χ4n) is 1.67. The smallest absolute Gasteiger partial charge is 0.00846 e. The summed E-state index contributed by atoms with van der Waals surface area (Å²) in [6.07, 6.45) is 14.6. The minimum absolute atomic E-state index is 0.530. The number of rotatable bonds is 9. The van der Waals surface area contributed by atoms with Crippen LogP contribution in [0.4, 0.5) is 0 Å². The lowest BCUT2D eigenvalue weighted by Gasteiger charge is -2.08. The van der Waals surface area contributed by atoms with Crippen LogP contribution in [-0.2, 0) is 0 Å². The van der Waals surface area contributed by atoms with Crippen molar-refractivity contribution in [3.8, 4) is 0 Å². The second-order valence-electron chi connectivity index (χ2n) is 4.70. The van der Waals surface area contributed by atoms with Gasteiger partial charge in [0.2, 0.25) is 0 Å². The topological polar surface area (TPSA) is 0 Å². The minimum atomic E-state index is 0.530. The van der Waals surface area contributed by atoms with E-state index in [2.05, 4.69) is 39.5 Å². The van der Waals surface area contributed by atoms with Gasteiger partial charge < -0.3 is 0 Å². The summed E-state index contributed by atoms with van der Waals surface area (Å²) < 4.78 is 0. The van der Waals surface area contributed by atoms with Crippen molar-refractivity contribution < 1.29 is 0 Å². The van der Waals surface area contributed by atoms with E-state index in [1.165, 1.54) is 38.5 Å². The van der Waals surface area contributed by atoms with Gasteiger partial charge in [0.1, 0.15) is 0 Å². The standard InChI is InChI=1S/C15H28/c1-5-7-11-15(4)13-10-8-9-12-14(3)6-2/h6,9,12,14-15H,2,5,7-8,10-11,13H2,1,3-4H3. The highest BCUT2D eigenvalue weighted by atomic mass is 14.1. The molecule has 0 fully saturated rings. The molecule has 0 aromatic heterocycles. The molecule has 0 aliphatic carbocycles. The third-order valence-corrected chi connectivity index (χ3v) is 2.93. The average molecular weight is 208 g/mol. The van der Waals surface area contributed by atoms with E-state index in [9.17, 15) is 0 Å². The second-order valence-corrected chi connectivity index (χ2v) is 4.70. The Morgan fingerprint density at radius 2 is 1.80 bits per heavy atom. The predicted molar refractivity (Wildman–Crippen MR) is 71.0 cm³/mol. The Balaban J connectivity index is 3.37. The van der Waals surface area contributed by atoms with Crippen LogP contribution in [0, 0.1) is 11.8 Å². The highest BCUT2D eigenvalue weighted by Gasteiger charge is 1.99. The molecular formula is C15H28. The van der Waals surface area contributed by atoms with Crippen LogP contribution in [0.1, 0.15) is 59.3 Å². The van der Waals surface area contributed by atoms with Gasteiger partial charge in [-0.3, -0.25) is 0 Å². The van der Waals surface area contributed by atoms with Crippen molar-refractivity contribution in [1.82, 2.24) is 0 Å². The van der Waals surface area contributed by atoms with Gasteiger partial charge in [-0.1, -0.05) is 64.7 Å². The Morgan fingerprint density at radius 3 is 2.40 bits per heavy atom. The Kier molecular flexibility index (Phi) is 9.67. The summed E-state index contributed by atoms with van der Waals surface area (Å²) >= 11 is 0. The summed E-state index contributed by atoms with van der Waals surface area (Å²) in [5.74, 6) is 1.44. The number of unbranched alkanes of at least 4 members (excludes halogenated alkanes) is 2. The first-order valence-electron chi connectivity index (χ1n) is 6.49. The normalized spacial score (nSPS) is 15.4. The van der Waals surface area contributed by atoms with Crippen LogP contribution in [0.25, 0.3) is 0 Å². The van der Waals surface area contributed by atoms with Gasteiger partial charge in [-0.15, -0.1) is 6.58 Å². The van der Waals surface area contributed by atoms with Gasteiger partial charge in [-0.2, -0.15) is 0 Å². The molecule has 0 nitrogen and oxygen atoms in total.